The molecule has 0 aliphatic rings. The number of rotatable bonds is 3. The number of nitrogen functional groups attached to an aromatic ring is 1. The Hall–Kier alpha value is -1.58. The van der Waals surface area contributed by atoms with Gasteiger partial charge in [0.05, 0.1) is 0 Å². The highest BCUT2D eigenvalue weighted by Gasteiger charge is 2.28. The predicted octanol–water partition coefficient (Wildman–Crippen LogP) is 0.713. The quantitative estimate of drug-likeness (QED) is 0.546. The number of anilines is 1. The molecule has 1 heterocycles. The first kappa shape index (κ1) is 10.5. The Morgan fingerprint density at radius 3 is 2.64 bits per heavy atom. The normalized spacial score (nSPS) is 11.1. The highest BCUT2D eigenvalue weighted by atomic mass is 16.5. The highest BCUT2D eigenvalue weighted by molar-refractivity contribution is 5.44. The second-order valence-electron chi connectivity index (χ2n) is 3.17. The highest BCUT2D eigenvalue weighted by Crippen LogP contribution is 2.26. The fourth-order valence-electron chi connectivity index (χ4n) is 0.839. The Morgan fingerprint density at radius 2 is 2.29 bits per heavy atom. The third-order valence-corrected chi connectivity index (χ3v) is 1.89. The van der Waals surface area contributed by atoms with Gasteiger partial charge in [0.15, 0.2) is 0 Å². The SMILES string of the molecule is COC(C)(C)c1nc(C#N)c(NN)o1. The van der Waals surface area contributed by atoms with Gasteiger partial charge in [0, 0.05) is 7.11 Å². The van der Waals surface area contributed by atoms with Gasteiger partial charge in [-0.2, -0.15) is 10.2 Å². The number of hydrogen-bond acceptors (Lipinski definition) is 6. The molecular formula is C8H12N4O2. The van der Waals surface area contributed by atoms with Gasteiger partial charge in [-0.15, -0.1) is 0 Å². The summed E-state index contributed by atoms with van der Waals surface area (Å²) in [5.74, 6) is 5.60. The molecule has 0 spiro atoms. The van der Waals surface area contributed by atoms with Gasteiger partial charge >= 0.3 is 0 Å². The number of oxazole rings is 1. The molecule has 0 bridgehead atoms. The van der Waals surface area contributed by atoms with Crippen LogP contribution in [0.15, 0.2) is 4.42 Å². The molecule has 3 N–H and O–H groups in total. The largest absolute Gasteiger partial charge is 0.419 e. The number of ether oxygens (including phenoxy) is 1. The van der Waals surface area contributed by atoms with Crippen molar-refractivity contribution in [3.63, 3.8) is 0 Å². The van der Waals surface area contributed by atoms with Crippen LogP contribution in [0.5, 0.6) is 0 Å². The topological polar surface area (TPSA) is 97.1 Å². The molecule has 0 unspecified atom stereocenters. The Morgan fingerprint density at radius 1 is 1.64 bits per heavy atom. The number of nitrogens with two attached hydrogens (primary N) is 1. The summed E-state index contributed by atoms with van der Waals surface area (Å²) in [6, 6.07) is 1.86. The summed E-state index contributed by atoms with van der Waals surface area (Å²) >= 11 is 0. The van der Waals surface area contributed by atoms with Crippen LogP contribution in [0.4, 0.5) is 5.88 Å². The second kappa shape index (κ2) is 3.65. The maximum atomic E-state index is 8.69. The third kappa shape index (κ3) is 1.69. The fourth-order valence-corrected chi connectivity index (χ4v) is 0.839. The van der Waals surface area contributed by atoms with Crippen molar-refractivity contribution in [1.82, 2.24) is 4.98 Å². The van der Waals surface area contributed by atoms with Crippen molar-refractivity contribution in [3.8, 4) is 6.07 Å². The number of nitrogens with one attached hydrogen (secondary N) is 1. The van der Waals surface area contributed by atoms with Gasteiger partial charge in [0.1, 0.15) is 11.7 Å². The number of hydrazine groups is 1. The molecule has 14 heavy (non-hydrogen) atoms. The summed E-state index contributed by atoms with van der Waals surface area (Å²) in [4.78, 5) is 3.95. The molecule has 0 radical (unpaired) electrons. The van der Waals surface area contributed by atoms with E-state index < -0.39 is 5.60 Å². The molecule has 0 saturated carbocycles. The van der Waals surface area contributed by atoms with E-state index in [0.29, 0.717) is 5.89 Å². The summed E-state index contributed by atoms with van der Waals surface area (Å²) in [5, 5.41) is 8.69. The van der Waals surface area contributed by atoms with E-state index in [1.165, 1.54) is 7.11 Å². The van der Waals surface area contributed by atoms with Crippen molar-refractivity contribution in [3.05, 3.63) is 11.6 Å². The van der Waals surface area contributed by atoms with Gasteiger partial charge in [-0.25, -0.2) is 5.84 Å². The minimum absolute atomic E-state index is 0.118. The molecule has 0 atom stereocenters. The molecule has 0 aromatic carbocycles. The van der Waals surface area contributed by atoms with E-state index in [4.69, 9.17) is 20.3 Å². The molecule has 0 aliphatic carbocycles. The van der Waals surface area contributed by atoms with E-state index in [0.717, 1.165) is 0 Å². The minimum atomic E-state index is -0.680. The van der Waals surface area contributed by atoms with Crippen LogP contribution < -0.4 is 11.3 Å². The lowest BCUT2D eigenvalue weighted by molar-refractivity contribution is -0.00311. The lowest BCUT2D eigenvalue weighted by Crippen LogP contribution is -2.19. The van der Waals surface area contributed by atoms with E-state index in [1.807, 2.05) is 6.07 Å². The summed E-state index contributed by atoms with van der Waals surface area (Å²) in [7, 11) is 1.53. The maximum absolute atomic E-state index is 8.69. The summed E-state index contributed by atoms with van der Waals surface area (Å²) in [5.41, 5.74) is 1.69. The molecule has 1 aromatic rings. The molecule has 1 aromatic heterocycles. The van der Waals surface area contributed by atoms with Crippen LogP contribution in [0.25, 0.3) is 0 Å². The van der Waals surface area contributed by atoms with Crippen molar-refractivity contribution < 1.29 is 9.15 Å². The smallest absolute Gasteiger partial charge is 0.246 e. The number of aromatic nitrogens is 1. The average Bonchev–Trinajstić information content (AvgIpc) is 2.61. The van der Waals surface area contributed by atoms with E-state index >= 15 is 0 Å². The molecule has 6 heteroatoms. The molecular weight excluding hydrogens is 184 g/mol. The molecule has 0 saturated heterocycles. The van der Waals surface area contributed by atoms with Crippen molar-refractivity contribution >= 4 is 5.88 Å². The second-order valence-corrected chi connectivity index (χ2v) is 3.17. The first-order valence-corrected chi connectivity index (χ1v) is 3.98. The predicted molar refractivity (Wildman–Crippen MR) is 49.1 cm³/mol. The first-order chi connectivity index (χ1) is 6.55. The monoisotopic (exact) mass is 196 g/mol. The number of nitriles is 1. The van der Waals surface area contributed by atoms with Crippen molar-refractivity contribution in [1.29, 1.82) is 5.26 Å². The van der Waals surface area contributed by atoms with Gasteiger partial charge in [0.25, 0.3) is 0 Å². The van der Waals surface area contributed by atoms with Crippen LogP contribution in [0.1, 0.15) is 25.4 Å². The van der Waals surface area contributed by atoms with Crippen molar-refractivity contribution in [2.45, 2.75) is 19.4 Å². The number of methoxy groups -OCH3 is 1. The Bertz CT molecular complexity index is 364. The zero-order valence-electron chi connectivity index (χ0n) is 8.29. The van der Waals surface area contributed by atoms with Gasteiger partial charge in [-0.1, -0.05) is 0 Å². The molecule has 6 nitrogen and oxygen atoms in total. The molecule has 1 rings (SSSR count). The van der Waals surface area contributed by atoms with Crippen LogP contribution in [0.3, 0.4) is 0 Å². The van der Waals surface area contributed by atoms with E-state index in [2.05, 4.69) is 10.4 Å². The van der Waals surface area contributed by atoms with Gasteiger partial charge < -0.3 is 9.15 Å². The van der Waals surface area contributed by atoms with Gasteiger partial charge in [-0.3, -0.25) is 5.43 Å². The van der Waals surface area contributed by atoms with E-state index in [-0.39, 0.29) is 11.6 Å². The fraction of sp³-hybridized carbons (Fsp3) is 0.500. The Kier molecular flexibility index (Phi) is 2.74. The molecule has 0 amide bonds. The Labute approximate surface area is 81.6 Å². The number of hydrogen-bond donors (Lipinski definition) is 2. The lowest BCUT2D eigenvalue weighted by Gasteiger charge is -2.17. The Balaban J connectivity index is 3.14. The van der Waals surface area contributed by atoms with E-state index in [1.54, 1.807) is 13.8 Å². The number of nitrogens with zero attached hydrogens (tertiary/aromatic N) is 2. The molecule has 0 aliphatic heterocycles. The van der Waals surface area contributed by atoms with E-state index in [9.17, 15) is 0 Å². The zero-order chi connectivity index (χ0) is 10.8. The summed E-state index contributed by atoms with van der Waals surface area (Å²) in [6.45, 7) is 3.56. The standard InChI is InChI=1S/C8H12N4O2/c1-8(2,13-3)7-11-5(4-9)6(12-10)14-7/h12H,10H2,1-3H3. The van der Waals surface area contributed by atoms with Crippen molar-refractivity contribution in [2.75, 3.05) is 12.5 Å². The first-order valence-electron chi connectivity index (χ1n) is 3.98. The van der Waals surface area contributed by atoms with Gasteiger partial charge in [-0.05, 0) is 13.8 Å². The average molecular weight is 196 g/mol. The van der Waals surface area contributed by atoms with Gasteiger partial charge in [0.2, 0.25) is 17.5 Å². The molecule has 76 valence electrons. The minimum Gasteiger partial charge on any atom is -0.419 e. The van der Waals surface area contributed by atoms with Crippen LogP contribution in [0, 0.1) is 11.3 Å². The zero-order valence-corrected chi connectivity index (χ0v) is 8.29. The van der Waals surface area contributed by atoms with Crippen LogP contribution >= 0.6 is 0 Å². The third-order valence-electron chi connectivity index (χ3n) is 1.89. The van der Waals surface area contributed by atoms with Crippen LogP contribution in [-0.2, 0) is 10.3 Å². The summed E-state index contributed by atoms with van der Waals surface area (Å²) in [6.07, 6.45) is 0. The maximum Gasteiger partial charge on any atom is 0.246 e. The van der Waals surface area contributed by atoms with Crippen LogP contribution in [-0.4, -0.2) is 12.1 Å². The van der Waals surface area contributed by atoms with Crippen molar-refractivity contribution in [2.24, 2.45) is 5.84 Å². The molecule has 0 fully saturated rings. The summed E-state index contributed by atoms with van der Waals surface area (Å²) < 4.78 is 10.4. The lowest BCUT2D eigenvalue weighted by atomic mass is 10.1. The van der Waals surface area contributed by atoms with Crippen LogP contribution in [0.2, 0.25) is 0 Å².